The minimum absolute atomic E-state index is 0.0319. The maximum absolute atomic E-state index is 11.6. The van der Waals surface area contributed by atoms with E-state index in [9.17, 15) is 9.90 Å². The second-order valence-corrected chi connectivity index (χ2v) is 5.65. The summed E-state index contributed by atoms with van der Waals surface area (Å²) >= 11 is 0. The van der Waals surface area contributed by atoms with Gasteiger partial charge in [0.2, 0.25) is 0 Å². The van der Waals surface area contributed by atoms with E-state index in [0.717, 1.165) is 5.56 Å². The molecule has 0 fully saturated rings. The number of anilines is 1. The molecular formula is C14H22N2O3. The molecule has 1 aromatic rings. The second kappa shape index (κ2) is 5.93. The summed E-state index contributed by atoms with van der Waals surface area (Å²) < 4.78 is 5.12. The molecule has 4 N–H and O–H groups in total. The second-order valence-electron chi connectivity index (χ2n) is 5.65. The van der Waals surface area contributed by atoms with Crippen LogP contribution >= 0.6 is 0 Å². The molecule has 0 unspecified atom stereocenters. The molecule has 0 heterocycles. The standard InChI is InChI=1S/C14H22N2O3/c1-9(15)7-10-5-6-11(8-12(10)17)16-13(18)19-14(2,3)4/h5-6,8-9,17H,7,15H2,1-4H3,(H,16,18)/t9-/m0/s1. The monoisotopic (exact) mass is 266 g/mol. The molecular weight excluding hydrogens is 244 g/mol. The van der Waals surface area contributed by atoms with Gasteiger partial charge >= 0.3 is 6.09 Å². The number of phenolic OH excluding ortho intramolecular Hbond substituents is 1. The van der Waals surface area contributed by atoms with Crippen molar-refractivity contribution in [2.75, 3.05) is 5.32 Å². The van der Waals surface area contributed by atoms with E-state index in [4.69, 9.17) is 10.5 Å². The maximum Gasteiger partial charge on any atom is 0.412 e. The van der Waals surface area contributed by atoms with E-state index in [1.54, 1.807) is 32.9 Å². The molecule has 1 atom stereocenters. The molecule has 0 saturated carbocycles. The fourth-order valence-electron chi connectivity index (χ4n) is 1.58. The number of nitrogens with two attached hydrogens (primary N) is 1. The van der Waals surface area contributed by atoms with Crippen molar-refractivity contribution in [2.45, 2.75) is 45.8 Å². The minimum atomic E-state index is -0.555. The van der Waals surface area contributed by atoms with E-state index in [-0.39, 0.29) is 11.8 Å². The molecule has 106 valence electrons. The zero-order chi connectivity index (χ0) is 14.6. The Kier molecular flexibility index (Phi) is 4.78. The van der Waals surface area contributed by atoms with Crippen LogP contribution in [0, 0.1) is 0 Å². The molecule has 0 aliphatic heterocycles. The lowest BCUT2D eigenvalue weighted by Gasteiger charge is -2.19. The van der Waals surface area contributed by atoms with Crippen LogP contribution in [0.5, 0.6) is 5.75 Å². The molecule has 0 aromatic heterocycles. The van der Waals surface area contributed by atoms with Gasteiger partial charge in [-0.1, -0.05) is 6.07 Å². The van der Waals surface area contributed by atoms with Crippen LogP contribution in [0.4, 0.5) is 10.5 Å². The van der Waals surface area contributed by atoms with Crippen molar-refractivity contribution in [3.05, 3.63) is 23.8 Å². The number of hydrogen-bond donors (Lipinski definition) is 3. The van der Waals surface area contributed by atoms with Gasteiger partial charge in [-0.25, -0.2) is 4.79 Å². The first-order valence-corrected chi connectivity index (χ1v) is 6.25. The van der Waals surface area contributed by atoms with E-state index in [1.807, 2.05) is 6.92 Å². The molecule has 0 aliphatic carbocycles. The summed E-state index contributed by atoms with van der Waals surface area (Å²) in [6.07, 6.45) is 0.0327. The molecule has 1 rings (SSSR count). The first-order valence-electron chi connectivity index (χ1n) is 6.25. The number of ether oxygens (including phenoxy) is 1. The largest absolute Gasteiger partial charge is 0.508 e. The van der Waals surface area contributed by atoms with Gasteiger partial charge in [0.25, 0.3) is 0 Å². The molecule has 5 nitrogen and oxygen atoms in total. The van der Waals surface area contributed by atoms with Gasteiger partial charge in [0.1, 0.15) is 11.4 Å². The zero-order valence-electron chi connectivity index (χ0n) is 11.9. The number of rotatable bonds is 3. The maximum atomic E-state index is 11.6. The number of nitrogens with one attached hydrogen (secondary N) is 1. The predicted octanol–water partition coefficient (Wildman–Crippen LogP) is 2.63. The Labute approximate surface area is 113 Å². The van der Waals surface area contributed by atoms with E-state index in [2.05, 4.69) is 5.32 Å². The molecule has 1 amide bonds. The number of hydrogen-bond acceptors (Lipinski definition) is 4. The van der Waals surface area contributed by atoms with Crippen molar-refractivity contribution in [1.29, 1.82) is 0 Å². The highest BCUT2D eigenvalue weighted by Crippen LogP contribution is 2.23. The van der Waals surface area contributed by atoms with Crippen LogP contribution in [0.1, 0.15) is 33.3 Å². The van der Waals surface area contributed by atoms with Crippen LogP contribution in [0.15, 0.2) is 18.2 Å². The highest BCUT2D eigenvalue weighted by Gasteiger charge is 2.16. The van der Waals surface area contributed by atoms with E-state index in [0.29, 0.717) is 12.1 Å². The van der Waals surface area contributed by atoms with Crippen LogP contribution in [0.2, 0.25) is 0 Å². The summed E-state index contributed by atoms with van der Waals surface area (Å²) in [5.41, 5.74) is 6.37. The van der Waals surface area contributed by atoms with Gasteiger partial charge < -0.3 is 15.6 Å². The third kappa shape index (κ3) is 5.61. The van der Waals surface area contributed by atoms with Gasteiger partial charge in [-0.2, -0.15) is 0 Å². The summed E-state index contributed by atoms with van der Waals surface area (Å²) in [4.78, 5) is 11.6. The van der Waals surface area contributed by atoms with E-state index >= 15 is 0 Å². The van der Waals surface area contributed by atoms with Gasteiger partial charge in [0.05, 0.1) is 0 Å². The molecule has 0 spiro atoms. The Morgan fingerprint density at radius 1 is 1.47 bits per heavy atom. The van der Waals surface area contributed by atoms with Crippen LogP contribution < -0.4 is 11.1 Å². The fourth-order valence-corrected chi connectivity index (χ4v) is 1.58. The molecule has 0 bridgehead atoms. The molecule has 0 radical (unpaired) electrons. The van der Waals surface area contributed by atoms with Crippen molar-refractivity contribution in [1.82, 2.24) is 0 Å². The smallest absolute Gasteiger partial charge is 0.412 e. The number of phenols is 1. The number of carbonyl (C=O) groups excluding carboxylic acids is 1. The lowest BCUT2D eigenvalue weighted by Crippen LogP contribution is -2.27. The average Bonchev–Trinajstić information content (AvgIpc) is 2.18. The third-order valence-corrected chi connectivity index (χ3v) is 2.27. The zero-order valence-corrected chi connectivity index (χ0v) is 11.9. The van der Waals surface area contributed by atoms with Crippen molar-refractivity contribution in [2.24, 2.45) is 5.73 Å². The molecule has 1 aromatic carbocycles. The molecule has 0 aliphatic rings. The topological polar surface area (TPSA) is 84.6 Å². The molecule has 0 saturated heterocycles. The van der Waals surface area contributed by atoms with Crippen LogP contribution in [-0.2, 0) is 11.2 Å². The molecule has 5 heteroatoms. The Morgan fingerprint density at radius 3 is 2.58 bits per heavy atom. The Bertz CT molecular complexity index is 450. The van der Waals surface area contributed by atoms with Crippen molar-refractivity contribution < 1.29 is 14.6 Å². The van der Waals surface area contributed by atoms with Crippen LogP contribution in [-0.4, -0.2) is 22.8 Å². The van der Waals surface area contributed by atoms with E-state index in [1.165, 1.54) is 6.07 Å². The summed E-state index contributed by atoms with van der Waals surface area (Å²) in [7, 11) is 0. The van der Waals surface area contributed by atoms with Gasteiger partial charge in [0.15, 0.2) is 0 Å². The molecule has 19 heavy (non-hydrogen) atoms. The highest BCUT2D eigenvalue weighted by molar-refractivity contribution is 5.85. The van der Waals surface area contributed by atoms with E-state index < -0.39 is 11.7 Å². The SMILES string of the molecule is C[C@H](N)Cc1ccc(NC(=O)OC(C)(C)C)cc1O. The first-order chi connectivity index (χ1) is 8.67. The summed E-state index contributed by atoms with van der Waals surface area (Å²) in [6.45, 7) is 7.23. The number of aromatic hydroxyl groups is 1. The van der Waals surface area contributed by atoms with Gasteiger partial charge in [-0.3, -0.25) is 5.32 Å². The number of carbonyl (C=O) groups is 1. The summed E-state index contributed by atoms with van der Waals surface area (Å²) in [5.74, 6) is 0.117. The van der Waals surface area contributed by atoms with Crippen molar-refractivity contribution in [3.8, 4) is 5.75 Å². The number of amides is 1. The summed E-state index contributed by atoms with van der Waals surface area (Å²) in [5, 5.41) is 12.4. The lowest BCUT2D eigenvalue weighted by atomic mass is 10.1. The third-order valence-electron chi connectivity index (χ3n) is 2.27. The Balaban J connectivity index is 2.71. The van der Waals surface area contributed by atoms with Crippen LogP contribution in [0.3, 0.4) is 0 Å². The fraction of sp³-hybridized carbons (Fsp3) is 0.500. The van der Waals surface area contributed by atoms with Crippen LogP contribution in [0.25, 0.3) is 0 Å². The summed E-state index contributed by atoms with van der Waals surface area (Å²) in [6, 6.07) is 4.91. The van der Waals surface area contributed by atoms with Crippen molar-refractivity contribution in [3.63, 3.8) is 0 Å². The highest BCUT2D eigenvalue weighted by atomic mass is 16.6. The lowest BCUT2D eigenvalue weighted by molar-refractivity contribution is 0.0636. The number of benzene rings is 1. The van der Waals surface area contributed by atoms with Gasteiger partial charge in [-0.15, -0.1) is 0 Å². The predicted molar refractivity (Wildman–Crippen MR) is 75.3 cm³/mol. The average molecular weight is 266 g/mol. The Hall–Kier alpha value is -1.75. The quantitative estimate of drug-likeness (QED) is 0.785. The van der Waals surface area contributed by atoms with Gasteiger partial charge in [-0.05, 0) is 45.7 Å². The minimum Gasteiger partial charge on any atom is -0.508 e. The van der Waals surface area contributed by atoms with Crippen molar-refractivity contribution >= 4 is 11.8 Å². The normalized spacial score (nSPS) is 12.9. The van der Waals surface area contributed by atoms with Gasteiger partial charge in [0, 0.05) is 17.8 Å². The first kappa shape index (κ1) is 15.3. The Morgan fingerprint density at radius 2 is 2.11 bits per heavy atom.